The van der Waals surface area contributed by atoms with Crippen LogP contribution in [0, 0.1) is 6.92 Å². The number of hydrogen-bond donors (Lipinski definition) is 0. The maximum absolute atomic E-state index is 12.1. The molecule has 0 N–H and O–H groups in total. The predicted molar refractivity (Wildman–Crippen MR) is 91.7 cm³/mol. The molecule has 3 rings (SSSR count). The molecule has 0 aliphatic carbocycles. The second-order valence-corrected chi connectivity index (χ2v) is 6.89. The van der Waals surface area contributed by atoms with Gasteiger partial charge in [0.15, 0.2) is 12.4 Å². The number of amides is 1. The van der Waals surface area contributed by atoms with Crippen molar-refractivity contribution in [3.8, 4) is 0 Å². The fraction of sp³-hybridized carbons (Fsp3) is 0.278. The van der Waals surface area contributed by atoms with Gasteiger partial charge in [0.25, 0.3) is 0 Å². The number of Topliss-reactive ketones (excluding diaryl/α,β-unsaturated/α-hetero) is 1. The molecular formula is C18H17NO4S. The van der Waals surface area contributed by atoms with E-state index in [1.807, 2.05) is 13.0 Å². The van der Waals surface area contributed by atoms with E-state index in [0.717, 1.165) is 17.0 Å². The first kappa shape index (κ1) is 16.4. The van der Waals surface area contributed by atoms with Gasteiger partial charge in [0, 0.05) is 29.1 Å². The average Bonchev–Trinajstić information content (AvgIpc) is 3.21. The minimum Gasteiger partial charge on any atom is -0.453 e. The molecule has 1 aliphatic rings. The molecule has 0 spiro atoms. The first-order chi connectivity index (χ1) is 11.5. The molecule has 0 radical (unpaired) electrons. The standard InChI is InChI=1S/C18H17NO4S/c1-12-4-9-16(24-12)18(22)23-11-15(20)13-5-7-14(8-6-13)19-10-2-3-17(19)21/h4-9H,2-3,10-11H2,1H3. The lowest BCUT2D eigenvalue weighted by Gasteiger charge is -2.15. The van der Waals surface area contributed by atoms with E-state index in [9.17, 15) is 14.4 Å². The molecule has 1 aromatic heterocycles. The van der Waals surface area contributed by atoms with Crippen molar-refractivity contribution < 1.29 is 19.1 Å². The third-order valence-electron chi connectivity index (χ3n) is 3.85. The molecule has 0 saturated carbocycles. The van der Waals surface area contributed by atoms with E-state index in [1.165, 1.54) is 11.3 Å². The number of aryl methyl sites for hydroxylation is 1. The largest absolute Gasteiger partial charge is 0.453 e. The third kappa shape index (κ3) is 3.54. The zero-order valence-corrected chi connectivity index (χ0v) is 14.1. The topological polar surface area (TPSA) is 63.7 Å². The van der Waals surface area contributed by atoms with Gasteiger partial charge >= 0.3 is 5.97 Å². The fourth-order valence-electron chi connectivity index (χ4n) is 2.58. The van der Waals surface area contributed by atoms with Gasteiger partial charge in [-0.3, -0.25) is 9.59 Å². The van der Waals surface area contributed by atoms with Crippen molar-refractivity contribution >= 4 is 34.7 Å². The Balaban J connectivity index is 1.59. The number of carbonyl (C=O) groups is 3. The molecule has 124 valence electrons. The van der Waals surface area contributed by atoms with Crippen molar-refractivity contribution in [2.75, 3.05) is 18.1 Å². The molecule has 2 aromatic rings. The second kappa shape index (κ2) is 6.97. The Morgan fingerprint density at radius 2 is 1.92 bits per heavy atom. The number of nitrogens with zero attached hydrogens (tertiary/aromatic N) is 1. The highest BCUT2D eigenvalue weighted by Crippen LogP contribution is 2.22. The van der Waals surface area contributed by atoms with Crippen molar-refractivity contribution in [2.45, 2.75) is 19.8 Å². The zero-order valence-electron chi connectivity index (χ0n) is 13.3. The lowest BCUT2D eigenvalue weighted by atomic mass is 10.1. The van der Waals surface area contributed by atoms with Gasteiger partial charge in [0.05, 0.1) is 0 Å². The van der Waals surface area contributed by atoms with Crippen LogP contribution in [0.5, 0.6) is 0 Å². The Labute approximate surface area is 143 Å². The summed E-state index contributed by atoms with van der Waals surface area (Å²) in [4.78, 5) is 38.9. The normalized spacial score (nSPS) is 14.0. The van der Waals surface area contributed by atoms with Crippen molar-refractivity contribution in [3.63, 3.8) is 0 Å². The van der Waals surface area contributed by atoms with E-state index in [1.54, 1.807) is 35.2 Å². The van der Waals surface area contributed by atoms with Crippen LogP contribution < -0.4 is 4.90 Å². The van der Waals surface area contributed by atoms with Gasteiger partial charge in [-0.25, -0.2) is 4.79 Å². The molecule has 1 aromatic carbocycles. The van der Waals surface area contributed by atoms with E-state index in [4.69, 9.17) is 4.74 Å². The van der Waals surface area contributed by atoms with E-state index in [2.05, 4.69) is 0 Å². The number of ketones is 1. The van der Waals surface area contributed by atoms with Gasteiger partial charge in [0.2, 0.25) is 5.91 Å². The van der Waals surface area contributed by atoms with Crippen LogP contribution in [0.1, 0.15) is 37.7 Å². The molecule has 1 saturated heterocycles. The van der Waals surface area contributed by atoms with Crippen molar-refractivity contribution in [3.05, 3.63) is 51.7 Å². The molecule has 1 amide bonds. The number of thiophene rings is 1. The highest BCUT2D eigenvalue weighted by molar-refractivity contribution is 7.13. The fourth-order valence-corrected chi connectivity index (χ4v) is 3.34. The van der Waals surface area contributed by atoms with Crippen LogP contribution in [0.3, 0.4) is 0 Å². The molecule has 2 heterocycles. The third-order valence-corrected chi connectivity index (χ3v) is 4.83. The molecule has 5 nitrogen and oxygen atoms in total. The smallest absolute Gasteiger partial charge is 0.348 e. The molecule has 1 fully saturated rings. The van der Waals surface area contributed by atoms with Crippen molar-refractivity contribution in [2.24, 2.45) is 0 Å². The van der Waals surface area contributed by atoms with Crippen LogP contribution in [-0.2, 0) is 9.53 Å². The van der Waals surface area contributed by atoms with Gasteiger partial charge in [-0.05, 0) is 49.7 Å². The minimum atomic E-state index is -0.485. The van der Waals surface area contributed by atoms with Gasteiger partial charge in [0.1, 0.15) is 4.88 Å². The SMILES string of the molecule is Cc1ccc(C(=O)OCC(=O)c2ccc(N3CCCC3=O)cc2)s1. The van der Waals surface area contributed by atoms with Crippen molar-refractivity contribution in [1.82, 2.24) is 0 Å². The molecule has 6 heteroatoms. The Morgan fingerprint density at radius 3 is 2.50 bits per heavy atom. The maximum atomic E-state index is 12.1. The lowest BCUT2D eigenvalue weighted by Crippen LogP contribution is -2.23. The number of hydrogen-bond acceptors (Lipinski definition) is 5. The quantitative estimate of drug-likeness (QED) is 0.618. The Hall–Kier alpha value is -2.47. The van der Waals surface area contributed by atoms with Crippen molar-refractivity contribution in [1.29, 1.82) is 0 Å². The van der Waals surface area contributed by atoms with Crippen LogP contribution in [0.2, 0.25) is 0 Å². The van der Waals surface area contributed by atoms with Gasteiger partial charge < -0.3 is 9.64 Å². The minimum absolute atomic E-state index is 0.106. The van der Waals surface area contributed by atoms with E-state index in [-0.39, 0.29) is 18.3 Å². The highest BCUT2D eigenvalue weighted by Gasteiger charge is 2.21. The van der Waals surface area contributed by atoms with E-state index >= 15 is 0 Å². The van der Waals surface area contributed by atoms with E-state index in [0.29, 0.717) is 23.4 Å². The molecule has 24 heavy (non-hydrogen) atoms. The number of esters is 1. The van der Waals surface area contributed by atoms with Gasteiger partial charge in [-0.15, -0.1) is 11.3 Å². The monoisotopic (exact) mass is 343 g/mol. The van der Waals surface area contributed by atoms with Crippen LogP contribution >= 0.6 is 11.3 Å². The van der Waals surface area contributed by atoms with Crippen LogP contribution in [0.25, 0.3) is 0 Å². The molecular weight excluding hydrogens is 326 g/mol. The summed E-state index contributed by atoms with van der Waals surface area (Å²) in [5, 5.41) is 0. The first-order valence-corrected chi connectivity index (χ1v) is 8.53. The van der Waals surface area contributed by atoms with Gasteiger partial charge in [-0.2, -0.15) is 0 Å². The summed E-state index contributed by atoms with van der Waals surface area (Å²) in [6.45, 7) is 2.32. The number of rotatable bonds is 5. The summed E-state index contributed by atoms with van der Waals surface area (Å²) >= 11 is 1.34. The average molecular weight is 343 g/mol. The number of ether oxygens (including phenoxy) is 1. The first-order valence-electron chi connectivity index (χ1n) is 7.72. The number of benzene rings is 1. The second-order valence-electron chi connectivity index (χ2n) is 5.61. The maximum Gasteiger partial charge on any atom is 0.348 e. The molecule has 0 unspecified atom stereocenters. The van der Waals surface area contributed by atoms with Crippen LogP contribution in [0.15, 0.2) is 36.4 Å². The zero-order chi connectivity index (χ0) is 17.1. The summed E-state index contributed by atoms with van der Waals surface area (Å²) in [5.41, 5.74) is 1.25. The number of anilines is 1. The predicted octanol–water partition coefficient (Wildman–Crippen LogP) is 3.22. The number of carbonyl (C=O) groups excluding carboxylic acids is 3. The Bertz CT molecular complexity index is 779. The van der Waals surface area contributed by atoms with Crippen LogP contribution in [0.4, 0.5) is 5.69 Å². The summed E-state index contributed by atoms with van der Waals surface area (Å²) in [5.74, 6) is -0.647. The van der Waals surface area contributed by atoms with Crippen LogP contribution in [-0.4, -0.2) is 30.8 Å². The summed E-state index contributed by atoms with van der Waals surface area (Å²) in [7, 11) is 0. The molecule has 0 atom stereocenters. The summed E-state index contributed by atoms with van der Waals surface area (Å²) in [6.07, 6.45) is 1.43. The lowest BCUT2D eigenvalue weighted by molar-refractivity contribution is -0.117. The highest BCUT2D eigenvalue weighted by atomic mass is 32.1. The Kier molecular flexibility index (Phi) is 4.76. The molecule has 1 aliphatic heterocycles. The van der Waals surface area contributed by atoms with E-state index < -0.39 is 5.97 Å². The summed E-state index contributed by atoms with van der Waals surface area (Å²) < 4.78 is 5.06. The Morgan fingerprint density at radius 1 is 1.17 bits per heavy atom. The molecule has 0 bridgehead atoms. The summed E-state index contributed by atoms with van der Waals surface area (Å²) in [6, 6.07) is 10.3. The van der Waals surface area contributed by atoms with Gasteiger partial charge in [-0.1, -0.05) is 0 Å².